The molecule has 0 bridgehead atoms. The standard InChI is InChI=1S/C55H108O9/c1-3-5-7-9-11-13-15-17-19-21-22-23-24-25-26-27-29-31-33-35-37-39-41-43-45-61-47-49(48-62-55-54(60)53(59)52(58)50(46-56)64-55)63-51(57)44-42-40-38-36-34-32-30-28-20-18-16-14-12-10-8-6-4-2/h49-50,52-56,58-60H,3-48H2,1-2H3. The van der Waals surface area contributed by atoms with Crippen molar-refractivity contribution < 1.29 is 44.2 Å². The van der Waals surface area contributed by atoms with Crippen molar-refractivity contribution in [2.24, 2.45) is 0 Å². The predicted molar refractivity (Wildman–Crippen MR) is 266 cm³/mol. The Morgan fingerprint density at radius 1 is 0.438 bits per heavy atom. The van der Waals surface area contributed by atoms with Crippen LogP contribution < -0.4 is 0 Å². The molecule has 0 spiro atoms. The van der Waals surface area contributed by atoms with E-state index in [1.54, 1.807) is 0 Å². The van der Waals surface area contributed by atoms with Gasteiger partial charge in [0.2, 0.25) is 0 Å². The van der Waals surface area contributed by atoms with Crippen LogP contribution in [0.1, 0.15) is 284 Å². The number of aliphatic hydroxyl groups is 4. The minimum Gasteiger partial charge on any atom is -0.457 e. The van der Waals surface area contributed by atoms with Crippen molar-refractivity contribution in [1.29, 1.82) is 0 Å². The molecule has 4 N–H and O–H groups in total. The first-order chi connectivity index (χ1) is 31.4. The molecule has 0 aromatic heterocycles. The summed E-state index contributed by atoms with van der Waals surface area (Å²) in [7, 11) is 0. The second-order valence-electron chi connectivity index (χ2n) is 19.8. The number of carbonyl (C=O) groups is 1. The molecule has 6 unspecified atom stereocenters. The van der Waals surface area contributed by atoms with Gasteiger partial charge in [-0.2, -0.15) is 0 Å². The lowest BCUT2D eigenvalue weighted by atomic mass is 9.99. The second kappa shape index (κ2) is 47.3. The smallest absolute Gasteiger partial charge is 0.306 e. The molecule has 1 aliphatic rings. The van der Waals surface area contributed by atoms with Gasteiger partial charge in [0.25, 0.3) is 0 Å². The van der Waals surface area contributed by atoms with Crippen molar-refractivity contribution >= 4 is 5.97 Å². The molecule has 0 aliphatic carbocycles. The summed E-state index contributed by atoms with van der Waals surface area (Å²) in [6.45, 7) is 4.64. The number of hydrogen-bond acceptors (Lipinski definition) is 9. The van der Waals surface area contributed by atoms with Crippen molar-refractivity contribution in [3.8, 4) is 0 Å². The lowest BCUT2D eigenvalue weighted by Crippen LogP contribution is -2.59. The molecule has 1 heterocycles. The number of esters is 1. The number of unbranched alkanes of at least 4 members (excludes halogenated alkanes) is 39. The van der Waals surface area contributed by atoms with E-state index in [1.165, 1.54) is 231 Å². The number of aliphatic hydroxyl groups excluding tert-OH is 4. The molecule has 1 rings (SSSR count). The highest BCUT2D eigenvalue weighted by molar-refractivity contribution is 5.69. The van der Waals surface area contributed by atoms with Crippen LogP contribution in [0.2, 0.25) is 0 Å². The molecule has 0 aromatic rings. The van der Waals surface area contributed by atoms with Gasteiger partial charge in [-0.25, -0.2) is 0 Å². The van der Waals surface area contributed by atoms with E-state index in [4.69, 9.17) is 18.9 Å². The zero-order valence-electron chi connectivity index (χ0n) is 42.3. The first kappa shape index (κ1) is 61.2. The normalized spacial score (nSPS) is 19.4. The van der Waals surface area contributed by atoms with E-state index in [-0.39, 0.29) is 19.2 Å². The summed E-state index contributed by atoms with van der Waals surface area (Å²) >= 11 is 0. The third kappa shape index (κ3) is 37.2. The Kier molecular flexibility index (Phi) is 45.2. The first-order valence-electron chi connectivity index (χ1n) is 28.1. The van der Waals surface area contributed by atoms with E-state index in [2.05, 4.69) is 13.8 Å². The molecule has 9 heteroatoms. The maximum Gasteiger partial charge on any atom is 0.306 e. The fourth-order valence-corrected chi connectivity index (χ4v) is 9.14. The number of hydrogen-bond donors (Lipinski definition) is 4. The van der Waals surface area contributed by atoms with E-state index in [0.29, 0.717) is 13.0 Å². The Hall–Kier alpha value is -0.810. The van der Waals surface area contributed by atoms with Gasteiger partial charge in [-0.3, -0.25) is 4.79 Å². The molecule has 0 saturated carbocycles. The van der Waals surface area contributed by atoms with Gasteiger partial charge in [0.1, 0.15) is 30.5 Å². The van der Waals surface area contributed by atoms with Gasteiger partial charge >= 0.3 is 5.97 Å². The zero-order chi connectivity index (χ0) is 46.4. The third-order valence-electron chi connectivity index (χ3n) is 13.5. The lowest BCUT2D eigenvalue weighted by Gasteiger charge is -2.39. The molecule has 9 nitrogen and oxygen atoms in total. The van der Waals surface area contributed by atoms with Crippen molar-refractivity contribution in [1.82, 2.24) is 0 Å². The zero-order valence-corrected chi connectivity index (χ0v) is 42.3. The van der Waals surface area contributed by atoms with E-state index in [0.717, 1.165) is 32.1 Å². The Morgan fingerprint density at radius 2 is 0.766 bits per heavy atom. The Labute approximate surface area is 395 Å². The first-order valence-corrected chi connectivity index (χ1v) is 28.1. The average molecular weight is 913 g/mol. The summed E-state index contributed by atoms with van der Waals surface area (Å²) < 4.78 is 23.0. The quantitative estimate of drug-likeness (QED) is 0.0347. The van der Waals surface area contributed by atoms with Crippen LogP contribution in [0.15, 0.2) is 0 Å². The highest BCUT2D eigenvalue weighted by Gasteiger charge is 2.44. The SMILES string of the molecule is CCCCCCCCCCCCCCCCCCCCCCCCCCOCC(COC1OC(CO)C(O)C(O)C1O)OC(=O)CCCCCCCCCCCCCCCCCCC. The van der Waals surface area contributed by atoms with Gasteiger partial charge in [-0.15, -0.1) is 0 Å². The van der Waals surface area contributed by atoms with Crippen LogP contribution in [0.3, 0.4) is 0 Å². The van der Waals surface area contributed by atoms with Crippen molar-refractivity contribution in [2.75, 3.05) is 26.4 Å². The Morgan fingerprint density at radius 3 is 1.11 bits per heavy atom. The van der Waals surface area contributed by atoms with Gasteiger partial charge in [0.05, 0.1) is 19.8 Å². The molecule has 382 valence electrons. The molecule has 0 radical (unpaired) electrons. The van der Waals surface area contributed by atoms with Crippen molar-refractivity contribution in [3.63, 3.8) is 0 Å². The van der Waals surface area contributed by atoms with Gasteiger partial charge in [0, 0.05) is 13.0 Å². The summed E-state index contributed by atoms with van der Waals surface area (Å²) in [5.74, 6) is -0.304. The summed E-state index contributed by atoms with van der Waals surface area (Å²) in [5, 5.41) is 40.3. The van der Waals surface area contributed by atoms with E-state index in [1.807, 2.05) is 0 Å². The van der Waals surface area contributed by atoms with E-state index >= 15 is 0 Å². The third-order valence-corrected chi connectivity index (χ3v) is 13.5. The van der Waals surface area contributed by atoms with Gasteiger partial charge < -0.3 is 39.4 Å². The molecule has 0 aromatic carbocycles. The predicted octanol–water partition coefficient (Wildman–Crippen LogP) is 14.2. The Balaban J connectivity index is 2.13. The summed E-state index contributed by atoms with van der Waals surface area (Å²) in [5.41, 5.74) is 0. The minimum absolute atomic E-state index is 0.104. The van der Waals surface area contributed by atoms with Crippen LogP contribution in [-0.4, -0.2) is 89.6 Å². The number of carbonyl (C=O) groups excluding carboxylic acids is 1. The van der Waals surface area contributed by atoms with E-state index < -0.39 is 43.4 Å². The Bertz CT molecular complexity index is 950. The molecule has 1 saturated heterocycles. The molecule has 6 atom stereocenters. The average Bonchev–Trinajstić information content (AvgIpc) is 3.30. The van der Waals surface area contributed by atoms with Crippen LogP contribution in [0, 0.1) is 0 Å². The van der Waals surface area contributed by atoms with E-state index in [9.17, 15) is 25.2 Å². The fourth-order valence-electron chi connectivity index (χ4n) is 9.14. The van der Waals surface area contributed by atoms with Gasteiger partial charge in [-0.05, 0) is 12.8 Å². The highest BCUT2D eigenvalue weighted by atomic mass is 16.7. The maximum absolute atomic E-state index is 12.9. The van der Waals surface area contributed by atoms with Crippen molar-refractivity contribution in [2.45, 2.75) is 320 Å². The molecule has 1 fully saturated rings. The largest absolute Gasteiger partial charge is 0.457 e. The number of ether oxygens (including phenoxy) is 4. The summed E-state index contributed by atoms with van der Waals surface area (Å²) in [6, 6.07) is 0. The molecule has 1 aliphatic heterocycles. The molecule has 0 amide bonds. The van der Waals surface area contributed by atoms with Crippen molar-refractivity contribution in [3.05, 3.63) is 0 Å². The van der Waals surface area contributed by atoms with Crippen LogP contribution in [0.5, 0.6) is 0 Å². The van der Waals surface area contributed by atoms with Crippen LogP contribution in [-0.2, 0) is 23.7 Å². The van der Waals surface area contributed by atoms with Gasteiger partial charge in [0.15, 0.2) is 6.29 Å². The minimum atomic E-state index is -1.53. The topological polar surface area (TPSA) is 135 Å². The molecular weight excluding hydrogens is 805 g/mol. The number of rotatable bonds is 50. The fraction of sp³-hybridized carbons (Fsp3) is 0.982. The molecule has 64 heavy (non-hydrogen) atoms. The monoisotopic (exact) mass is 913 g/mol. The lowest BCUT2D eigenvalue weighted by molar-refractivity contribution is -0.305. The van der Waals surface area contributed by atoms with Crippen LogP contribution >= 0.6 is 0 Å². The van der Waals surface area contributed by atoms with Crippen LogP contribution in [0.4, 0.5) is 0 Å². The molecular formula is C55H108O9. The van der Waals surface area contributed by atoms with Gasteiger partial charge in [-0.1, -0.05) is 264 Å². The summed E-state index contributed by atoms with van der Waals surface area (Å²) in [6.07, 6.45) is 47.2. The highest BCUT2D eigenvalue weighted by Crippen LogP contribution is 2.23. The maximum atomic E-state index is 12.9. The summed E-state index contributed by atoms with van der Waals surface area (Å²) in [4.78, 5) is 12.9. The second-order valence-corrected chi connectivity index (χ2v) is 19.8. The van der Waals surface area contributed by atoms with Crippen LogP contribution in [0.25, 0.3) is 0 Å².